The van der Waals surface area contributed by atoms with Crippen LogP contribution in [0.4, 0.5) is 0 Å². The van der Waals surface area contributed by atoms with E-state index in [-0.39, 0.29) is 23.9 Å². The molecule has 6 heavy (non-hydrogen) atoms. The molecule has 0 aromatic heterocycles. The van der Waals surface area contributed by atoms with Gasteiger partial charge in [-0.25, -0.2) is 0 Å². The summed E-state index contributed by atoms with van der Waals surface area (Å²) in [5.74, 6) is -1.25. The predicted molar refractivity (Wildman–Crippen MR) is 21.3 cm³/mol. The van der Waals surface area contributed by atoms with Gasteiger partial charge >= 0.3 is 29.9 Å². The van der Waals surface area contributed by atoms with Crippen molar-refractivity contribution in [3.63, 3.8) is 0 Å². The third-order valence-corrected chi connectivity index (χ3v) is 0.325. The maximum atomic E-state index is 8.19. The van der Waals surface area contributed by atoms with Crippen molar-refractivity contribution in [2.24, 2.45) is 0 Å². The summed E-state index contributed by atoms with van der Waals surface area (Å²) in [6.07, 6.45) is 0. The van der Waals surface area contributed by atoms with Crippen molar-refractivity contribution in [2.45, 2.75) is 12.9 Å². The van der Waals surface area contributed by atoms with Crippen LogP contribution >= 0.6 is 0 Å². The van der Waals surface area contributed by atoms with E-state index < -0.39 is 5.97 Å². The Morgan fingerprint density at radius 3 is 1.67 bits per heavy atom. The Balaban J connectivity index is 0.000000250. The van der Waals surface area contributed by atoms with Gasteiger partial charge in [-0.15, -0.1) is 0 Å². The summed E-state index contributed by atoms with van der Waals surface area (Å²) in [5, 5.41) is 8.19. The van der Waals surface area contributed by atoms with Gasteiger partial charge in [0.25, 0.3) is 0 Å². The zero-order valence-electron chi connectivity index (χ0n) is 3.47. The van der Waals surface area contributed by atoms with Crippen molar-refractivity contribution in [2.75, 3.05) is 0 Å². The van der Waals surface area contributed by atoms with Crippen molar-refractivity contribution >= 4 is 23.9 Å². The van der Waals surface area contributed by atoms with Crippen molar-refractivity contribution in [1.29, 1.82) is 0 Å². The zero-order chi connectivity index (χ0) is 3.91. The normalized spacial score (nSPS) is 25.0. The molecule has 0 aromatic rings. The van der Waals surface area contributed by atoms with Crippen LogP contribution in [0.15, 0.2) is 0 Å². The second-order valence-electron chi connectivity index (χ2n) is 1.06. The fourth-order valence-corrected chi connectivity index (χ4v) is 0.0603. The van der Waals surface area contributed by atoms with Crippen LogP contribution in [0, 0.1) is 0 Å². The van der Waals surface area contributed by atoms with Crippen LogP contribution in [-0.4, -0.2) is 35.0 Å². The van der Waals surface area contributed by atoms with E-state index in [4.69, 9.17) is 5.11 Å². The summed E-state index contributed by atoms with van der Waals surface area (Å²) in [7, 11) is 0. The van der Waals surface area contributed by atoms with Gasteiger partial charge in [-0.1, -0.05) is 0 Å². The molecule has 0 aliphatic carbocycles. The minimum atomic E-state index is -1.25. The fraction of sp³-hybridized carbons (Fsp3) is 1.00. The van der Waals surface area contributed by atoms with E-state index in [0.29, 0.717) is 0 Å². The van der Waals surface area contributed by atoms with E-state index in [1.165, 1.54) is 6.92 Å². The van der Waals surface area contributed by atoms with Crippen molar-refractivity contribution in [1.82, 2.24) is 0 Å². The fourth-order valence-electron chi connectivity index (χ4n) is 0.0603. The van der Waals surface area contributed by atoms with Crippen LogP contribution in [0.1, 0.15) is 6.92 Å². The predicted octanol–water partition coefficient (Wildman–Crippen LogP) is -1.30. The Kier molecular flexibility index (Phi) is 1.84. The van der Waals surface area contributed by atoms with E-state index in [1.807, 2.05) is 0 Å². The molecule has 1 aliphatic heterocycles. The van der Waals surface area contributed by atoms with Crippen LogP contribution in [0.5, 0.6) is 0 Å². The zero-order valence-corrected chi connectivity index (χ0v) is 7.51. The van der Waals surface area contributed by atoms with Crippen molar-refractivity contribution in [3.05, 3.63) is 0 Å². The Labute approximate surface area is 52.1 Å². The summed E-state index contributed by atoms with van der Waals surface area (Å²) in [6.45, 7) is 1.41. The Morgan fingerprint density at radius 1 is 1.50 bits per heavy atom. The summed E-state index contributed by atoms with van der Waals surface area (Å²) >= 11 is 0. The summed E-state index contributed by atoms with van der Waals surface area (Å²) < 4.78 is 0. The molecule has 1 rings (SSSR count). The van der Waals surface area contributed by atoms with Gasteiger partial charge < -0.3 is 5.11 Å². The molecule has 1 N–H and O–H groups in total. The van der Waals surface area contributed by atoms with Gasteiger partial charge in [0, 0.05) is 6.92 Å². The molecule has 0 bridgehead atoms. The van der Waals surface area contributed by atoms with Crippen molar-refractivity contribution in [3.8, 4) is 0 Å². The van der Waals surface area contributed by atoms with E-state index in [0.717, 1.165) is 0 Å². The summed E-state index contributed by atoms with van der Waals surface area (Å²) in [4.78, 5) is 7.90. The van der Waals surface area contributed by atoms with Gasteiger partial charge in [-0.3, -0.25) is 0 Å². The topological polar surface area (TPSA) is 45.3 Å². The summed E-state index contributed by atoms with van der Waals surface area (Å²) in [5.41, 5.74) is 0. The first kappa shape index (κ1) is 6.68. The molecule has 1 saturated heterocycles. The van der Waals surface area contributed by atoms with Gasteiger partial charge in [0.2, 0.25) is 0 Å². The summed E-state index contributed by atoms with van der Waals surface area (Å²) in [6, 6.07) is 0. The van der Waals surface area contributed by atoms with E-state index in [2.05, 4.69) is 9.78 Å². The average Bonchev–Trinajstić information content (AvgIpc) is 1.76. The molecule has 0 amide bonds. The second kappa shape index (κ2) is 1.65. The molecule has 0 spiro atoms. The number of hydrogen-bond acceptors (Lipinski definition) is 3. The molecule has 0 aromatic carbocycles. The van der Waals surface area contributed by atoms with E-state index in [9.17, 15) is 0 Å². The van der Waals surface area contributed by atoms with Gasteiger partial charge in [0.05, 0.1) is 0 Å². The first-order valence-corrected chi connectivity index (χ1v) is 1.30. The molecule has 36 valence electrons. The SMILES string of the molecule is CC1(O)OO1.[SnH2]. The molecular weight excluding hydrogens is 191 g/mol. The monoisotopic (exact) mass is 198 g/mol. The molecule has 1 aliphatic rings. The second-order valence-corrected chi connectivity index (χ2v) is 1.06. The van der Waals surface area contributed by atoms with E-state index in [1.54, 1.807) is 0 Å². The Hall–Kier alpha value is 0.679. The minimum absolute atomic E-state index is 0. The standard InChI is InChI=1S/C2H4O3.Sn.2H/c1-2(3)4-5-2;;;/h3H,1H3;;;. The third-order valence-electron chi connectivity index (χ3n) is 0.325. The Bertz CT molecular complexity index is 46.8. The first-order valence-electron chi connectivity index (χ1n) is 1.30. The third kappa shape index (κ3) is 1.96. The van der Waals surface area contributed by atoms with Gasteiger partial charge in [0.1, 0.15) is 0 Å². The quantitative estimate of drug-likeness (QED) is 0.298. The number of aliphatic hydroxyl groups is 1. The van der Waals surface area contributed by atoms with Gasteiger partial charge in [-0.2, -0.15) is 9.78 Å². The molecule has 3 nitrogen and oxygen atoms in total. The average molecular weight is 197 g/mol. The van der Waals surface area contributed by atoms with Gasteiger partial charge in [0.15, 0.2) is 0 Å². The van der Waals surface area contributed by atoms with Crippen molar-refractivity contribution < 1.29 is 14.9 Å². The molecule has 1 fully saturated rings. The maximum absolute atomic E-state index is 8.19. The molecule has 4 heteroatoms. The number of rotatable bonds is 0. The molecule has 0 unspecified atom stereocenters. The van der Waals surface area contributed by atoms with Crippen LogP contribution in [0.25, 0.3) is 0 Å². The molecule has 2 radical (unpaired) electrons. The van der Waals surface area contributed by atoms with Crippen LogP contribution in [0.3, 0.4) is 0 Å². The van der Waals surface area contributed by atoms with Gasteiger partial charge in [-0.05, 0) is 0 Å². The van der Waals surface area contributed by atoms with Crippen LogP contribution in [0.2, 0.25) is 0 Å². The number of hydrogen-bond donors (Lipinski definition) is 1. The molecule has 0 atom stereocenters. The molecular formula is C2H6O3Sn. The Morgan fingerprint density at radius 2 is 1.67 bits per heavy atom. The molecule has 1 heterocycles. The van der Waals surface area contributed by atoms with Crippen LogP contribution in [-0.2, 0) is 9.78 Å². The van der Waals surface area contributed by atoms with Crippen LogP contribution < -0.4 is 0 Å². The van der Waals surface area contributed by atoms with E-state index >= 15 is 0 Å². The first-order chi connectivity index (χ1) is 2.21. The molecule has 0 saturated carbocycles.